The Bertz CT molecular complexity index is 304. The normalized spacial score (nSPS) is 18.2. The zero-order chi connectivity index (χ0) is 13.8. The number of carbonyl (C=O) groups is 2. The van der Waals surface area contributed by atoms with E-state index < -0.39 is 17.7 Å². The van der Waals surface area contributed by atoms with Crippen LogP contribution in [-0.4, -0.2) is 23.6 Å². The van der Waals surface area contributed by atoms with Gasteiger partial charge in [0.05, 0.1) is 6.04 Å². The van der Waals surface area contributed by atoms with E-state index in [0.717, 1.165) is 0 Å². The molecule has 1 fully saturated rings. The molecule has 0 aromatic rings. The molecule has 0 unspecified atom stereocenters. The van der Waals surface area contributed by atoms with Gasteiger partial charge in [-0.1, -0.05) is 0 Å². The van der Waals surface area contributed by atoms with E-state index in [-0.39, 0.29) is 5.91 Å². The van der Waals surface area contributed by atoms with Crippen LogP contribution in [0.15, 0.2) is 0 Å². The van der Waals surface area contributed by atoms with Crippen molar-refractivity contribution in [2.75, 3.05) is 0 Å². The summed E-state index contributed by atoms with van der Waals surface area (Å²) < 4.78 is 5.06. The number of ether oxygens (including phenoxy) is 1. The van der Waals surface area contributed by atoms with Crippen LogP contribution in [0.3, 0.4) is 0 Å². The lowest BCUT2D eigenvalue weighted by molar-refractivity contribution is -0.122. The maximum absolute atomic E-state index is 11.7. The molecule has 18 heavy (non-hydrogen) atoms. The van der Waals surface area contributed by atoms with Crippen LogP contribution in [0.2, 0.25) is 0 Å². The molecular formula is C13H19N2O3. The number of alkyl carbamates (subject to hydrolysis) is 1. The van der Waals surface area contributed by atoms with Gasteiger partial charge in [0.15, 0.2) is 0 Å². The fourth-order valence-corrected chi connectivity index (χ4v) is 1.26. The molecule has 0 heterocycles. The Morgan fingerprint density at radius 3 is 2.28 bits per heavy atom. The van der Waals surface area contributed by atoms with E-state index >= 15 is 0 Å². The average Bonchev–Trinajstić information content (AvgIpc) is 2.66. The van der Waals surface area contributed by atoms with Gasteiger partial charge in [-0.25, -0.2) is 4.79 Å². The Morgan fingerprint density at radius 2 is 1.78 bits per heavy atom. The van der Waals surface area contributed by atoms with E-state index in [0.29, 0.717) is 6.04 Å². The van der Waals surface area contributed by atoms with E-state index in [4.69, 9.17) is 4.74 Å². The minimum absolute atomic E-state index is 0.285. The fourth-order valence-electron chi connectivity index (χ4n) is 1.26. The van der Waals surface area contributed by atoms with E-state index in [1.165, 1.54) is 0 Å². The number of hydrogen-bond acceptors (Lipinski definition) is 3. The van der Waals surface area contributed by atoms with Crippen LogP contribution in [0.1, 0.15) is 27.7 Å². The molecule has 0 aliphatic heterocycles. The summed E-state index contributed by atoms with van der Waals surface area (Å²) in [6.07, 6.45) is 6.59. The topological polar surface area (TPSA) is 67.4 Å². The van der Waals surface area contributed by atoms with Gasteiger partial charge in [0.1, 0.15) is 11.6 Å². The van der Waals surface area contributed by atoms with E-state index in [1.54, 1.807) is 40.5 Å². The van der Waals surface area contributed by atoms with Gasteiger partial charge in [0.25, 0.3) is 0 Å². The third kappa shape index (κ3) is 5.38. The monoisotopic (exact) mass is 251 g/mol. The summed E-state index contributed by atoms with van der Waals surface area (Å²) in [6.45, 7) is 6.89. The van der Waals surface area contributed by atoms with Crippen LogP contribution >= 0.6 is 0 Å². The quantitative estimate of drug-likeness (QED) is 0.796. The number of hydrogen-bond donors (Lipinski definition) is 2. The Hall–Kier alpha value is -1.26. The van der Waals surface area contributed by atoms with Crippen LogP contribution in [-0.2, 0) is 9.53 Å². The highest BCUT2D eigenvalue weighted by molar-refractivity contribution is 5.86. The first-order valence-corrected chi connectivity index (χ1v) is 5.80. The molecule has 5 nitrogen and oxygen atoms in total. The number of amides is 2. The number of nitrogens with one attached hydrogen (secondary N) is 2. The van der Waals surface area contributed by atoms with Crippen molar-refractivity contribution in [1.82, 2.24) is 10.6 Å². The molecule has 5 radical (unpaired) electrons. The van der Waals surface area contributed by atoms with Crippen molar-refractivity contribution in [3.05, 3.63) is 31.7 Å². The second-order valence-electron chi connectivity index (χ2n) is 5.03. The third-order valence-electron chi connectivity index (χ3n) is 2.06. The van der Waals surface area contributed by atoms with Crippen LogP contribution in [0.25, 0.3) is 0 Å². The van der Waals surface area contributed by atoms with Gasteiger partial charge >= 0.3 is 6.09 Å². The second-order valence-corrected chi connectivity index (χ2v) is 5.03. The van der Waals surface area contributed by atoms with Gasteiger partial charge in [0, 0.05) is 0 Å². The highest BCUT2D eigenvalue weighted by Crippen LogP contribution is 2.19. The van der Waals surface area contributed by atoms with Crippen LogP contribution < -0.4 is 10.6 Å². The molecule has 0 saturated heterocycles. The molecule has 1 rings (SSSR count). The summed E-state index contributed by atoms with van der Waals surface area (Å²) in [4.78, 5) is 23.2. The van der Waals surface area contributed by atoms with Crippen molar-refractivity contribution >= 4 is 12.0 Å². The molecule has 0 aromatic heterocycles. The van der Waals surface area contributed by atoms with Crippen molar-refractivity contribution in [1.29, 1.82) is 0 Å². The molecule has 99 valence electrons. The molecule has 5 heteroatoms. The first kappa shape index (κ1) is 14.8. The number of rotatable bonds is 3. The average molecular weight is 251 g/mol. The van der Waals surface area contributed by atoms with Gasteiger partial charge in [0.2, 0.25) is 5.91 Å². The van der Waals surface area contributed by atoms with Crippen molar-refractivity contribution in [2.45, 2.75) is 39.3 Å². The lowest BCUT2D eigenvalue weighted by atomic mass is 10.2. The zero-order valence-corrected chi connectivity index (χ0v) is 11.1. The number of carbonyl (C=O) groups excluding carboxylic acids is 2. The summed E-state index contributed by atoms with van der Waals surface area (Å²) in [5.41, 5.74) is -0.577. The van der Waals surface area contributed by atoms with Gasteiger partial charge in [-0.3, -0.25) is 4.79 Å². The highest BCUT2D eigenvalue weighted by Gasteiger charge is 2.24. The Labute approximate surface area is 109 Å². The maximum Gasteiger partial charge on any atom is 0.408 e. The molecule has 1 aliphatic rings. The standard InChI is InChI=1S/C13H19N2O3/c1-9(14-12(17)18-13(2,3)4)11(16)15-10-7-5-6-8-10/h5-9H,1-4H3,(H,14,17)(H,15,16)/t9-/m1/s1. The van der Waals surface area contributed by atoms with Gasteiger partial charge < -0.3 is 15.4 Å². The Kier molecular flexibility index (Phi) is 4.99. The SMILES string of the molecule is C[C@@H](NC(=O)OC(C)(C)C)C(=O)N[C]1[CH][CH][CH][CH]1. The fraction of sp³-hybridized carbons (Fsp3) is 0.462. The van der Waals surface area contributed by atoms with Crippen molar-refractivity contribution in [2.24, 2.45) is 0 Å². The van der Waals surface area contributed by atoms with Crippen LogP contribution in [0.4, 0.5) is 4.79 Å². The lowest BCUT2D eigenvalue weighted by Crippen LogP contribution is -2.47. The van der Waals surface area contributed by atoms with E-state index in [2.05, 4.69) is 10.6 Å². The molecular weight excluding hydrogens is 232 g/mol. The maximum atomic E-state index is 11.7. The van der Waals surface area contributed by atoms with Crippen molar-refractivity contribution in [3.8, 4) is 0 Å². The molecule has 2 amide bonds. The van der Waals surface area contributed by atoms with Crippen LogP contribution in [0.5, 0.6) is 0 Å². The first-order valence-electron chi connectivity index (χ1n) is 5.80. The summed E-state index contributed by atoms with van der Waals surface area (Å²) in [5, 5.41) is 5.16. The zero-order valence-electron chi connectivity index (χ0n) is 11.1. The predicted molar refractivity (Wildman–Crippen MR) is 67.4 cm³/mol. The minimum Gasteiger partial charge on any atom is -0.444 e. The van der Waals surface area contributed by atoms with E-state index in [1.807, 2.05) is 12.8 Å². The molecule has 1 saturated carbocycles. The molecule has 1 aliphatic carbocycles. The molecule has 2 N–H and O–H groups in total. The van der Waals surface area contributed by atoms with Gasteiger partial charge in [-0.15, -0.1) is 0 Å². The van der Waals surface area contributed by atoms with Gasteiger partial charge in [-0.05, 0) is 53.4 Å². The molecule has 0 aromatic carbocycles. The summed E-state index contributed by atoms with van der Waals surface area (Å²) in [5.74, 6) is -0.285. The molecule has 1 atom stereocenters. The van der Waals surface area contributed by atoms with Crippen molar-refractivity contribution in [3.63, 3.8) is 0 Å². The summed E-state index contributed by atoms with van der Waals surface area (Å²) >= 11 is 0. The second kappa shape index (κ2) is 6.07. The van der Waals surface area contributed by atoms with Crippen molar-refractivity contribution < 1.29 is 14.3 Å². The molecule has 0 bridgehead atoms. The van der Waals surface area contributed by atoms with Crippen LogP contribution in [0, 0.1) is 31.7 Å². The summed E-state index contributed by atoms with van der Waals surface area (Å²) in [6, 6.07) is 0.0487. The lowest BCUT2D eigenvalue weighted by Gasteiger charge is -2.22. The first-order chi connectivity index (χ1) is 8.28. The smallest absolute Gasteiger partial charge is 0.408 e. The Morgan fingerprint density at radius 1 is 1.22 bits per heavy atom. The largest absolute Gasteiger partial charge is 0.444 e. The third-order valence-corrected chi connectivity index (χ3v) is 2.06. The Balaban J connectivity index is 2.32. The van der Waals surface area contributed by atoms with E-state index in [9.17, 15) is 9.59 Å². The highest BCUT2D eigenvalue weighted by atomic mass is 16.6. The predicted octanol–water partition coefficient (Wildman–Crippen LogP) is 1.38. The summed E-state index contributed by atoms with van der Waals surface area (Å²) in [7, 11) is 0. The molecule has 0 spiro atoms. The minimum atomic E-state index is -0.658. The van der Waals surface area contributed by atoms with Gasteiger partial charge in [-0.2, -0.15) is 0 Å².